The molecule has 0 spiro atoms. The second-order valence-corrected chi connectivity index (χ2v) is 6.06. The van der Waals surface area contributed by atoms with Crippen LogP contribution in [0.25, 0.3) is 0 Å². The third-order valence-electron chi connectivity index (χ3n) is 2.56. The predicted molar refractivity (Wildman–Crippen MR) is 65.1 cm³/mol. The van der Waals surface area contributed by atoms with E-state index in [4.69, 9.17) is 10.3 Å². The lowest BCUT2D eigenvalue weighted by Crippen LogP contribution is -2.36. The second kappa shape index (κ2) is 5.92. The molecule has 100 valence electrons. The zero-order chi connectivity index (χ0) is 13.8. The fraction of sp³-hybridized carbons (Fsp3) is 0.364. The average molecular weight is 275 g/mol. The van der Waals surface area contributed by atoms with Crippen LogP contribution in [0.5, 0.6) is 0 Å². The maximum Gasteiger partial charge on any atom is 0.161 e. The van der Waals surface area contributed by atoms with Crippen molar-refractivity contribution in [2.45, 2.75) is 12.2 Å². The normalized spacial score (nSPS) is 14.5. The molecule has 0 radical (unpaired) electrons. The number of benzene rings is 1. The number of hydrogen-bond donors (Lipinski definition) is 2. The maximum atomic E-state index is 13.5. The molecule has 1 atom stereocenters. The summed E-state index contributed by atoms with van der Waals surface area (Å²) < 4.78 is 37.0. The molecule has 0 fully saturated rings. The van der Waals surface area contributed by atoms with Gasteiger partial charge >= 0.3 is 0 Å². The van der Waals surface area contributed by atoms with Crippen LogP contribution >= 0.6 is 0 Å². The molecule has 0 saturated carbocycles. The third-order valence-corrected chi connectivity index (χ3v) is 4.61. The summed E-state index contributed by atoms with van der Waals surface area (Å²) in [6, 6.07) is 5.32. The van der Waals surface area contributed by atoms with Gasteiger partial charge in [-0.05, 0) is 6.07 Å². The minimum atomic E-state index is -3.69. The molecule has 0 unspecified atom stereocenters. The van der Waals surface area contributed by atoms with E-state index in [0.717, 1.165) is 6.07 Å². The quantitative estimate of drug-likeness (QED) is 0.473. The number of rotatable bonds is 5. The highest BCUT2D eigenvalue weighted by Crippen LogP contribution is 2.15. The molecule has 18 heavy (non-hydrogen) atoms. The van der Waals surface area contributed by atoms with E-state index >= 15 is 0 Å². The van der Waals surface area contributed by atoms with Crippen LogP contribution < -0.4 is 0 Å². The van der Waals surface area contributed by atoms with E-state index in [-0.39, 0.29) is 11.3 Å². The molecule has 0 aromatic heterocycles. The minimum absolute atomic E-state index is 0.143. The molecule has 1 aromatic carbocycles. The van der Waals surface area contributed by atoms with Gasteiger partial charge in [-0.1, -0.05) is 30.3 Å². The van der Waals surface area contributed by atoms with E-state index in [1.807, 2.05) is 0 Å². The van der Waals surface area contributed by atoms with Crippen molar-refractivity contribution in [1.82, 2.24) is 0 Å². The SMILES string of the molecule is CCS(=O)(=O)[C@@H](CO)/C(=N\O)c1ccccc1F. The van der Waals surface area contributed by atoms with E-state index < -0.39 is 33.2 Å². The van der Waals surface area contributed by atoms with Crippen LogP contribution in [0.4, 0.5) is 4.39 Å². The number of aliphatic hydroxyl groups is 1. The van der Waals surface area contributed by atoms with E-state index in [2.05, 4.69) is 5.16 Å². The Kier molecular flexibility index (Phi) is 4.80. The Morgan fingerprint density at radius 1 is 1.44 bits per heavy atom. The fourth-order valence-corrected chi connectivity index (χ4v) is 2.68. The van der Waals surface area contributed by atoms with Crippen molar-refractivity contribution in [3.63, 3.8) is 0 Å². The van der Waals surface area contributed by atoms with Crippen molar-refractivity contribution in [3.05, 3.63) is 35.6 Å². The van der Waals surface area contributed by atoms with Gasteiger partial charge in [0.1, 0.15) is 16.8 Å². The molecule has 0 amide bonds. The summed E-state index contributed by atoms with van der Waals surface area (Å²) in [5, 5.41) is 19.5. The van der Waals surface area contributed by atoms with Gasteiger partial charge in [0.05, 0.1) is 6.61 Å². The lowest BCUT2D eigenvalue weighted by Gasteiger charge is -2.16. The second-order valence-electron chi connectivity index (χ2n) is 3.59. The van der Waals surface area contributed by atoms with Crippen molar-refractivity contribution in [2.24, 2.45) is 5.16 Å². The van der Waals surface area contributed by atoms with Gasteiger partial charge in [-0.3, -0.25) is 0 Å². The summed E-state index contributed by atoms with van der Waals surface area (Å²) in [7, 11) is -3.69. The van der Waals surface area contributed by atoms with Crippen LogP contribution in [-0.4, -0.2) is 42.1 Å². The lowest BCUT2D eigenvalue weighted by molar-refractivity contribution is 0.295. The number of oxime groups is 1. The van der Waals surface area contributed by atoms with Gasteiger partial charge in [0, 0.05) is 11.3 Å². The fourth-order valence-electron chi connectivity index (χ4n) is 1.53. The summed E-state index contributed by atoms with van der Waals surface area (Å²) >= 11 is 0. The van der Waals surface area contributed by atoms with Crippen LogP contribution in [0, 0.1) is 5.82 Å². The molecule has 5 nitrogen and oxygen atoms in total. The highest BCUT2D eigenvalue weighted by atomic mass is 32.2. The summed E-state index contributed by atoms with van der Waals surface area (Å²) in [6.07, 6.45) is 0. The molecule has 0 aliphatic heterocycles. The number of hydrogen-bond acceptors (Lipinski definition) is 5. The highest BCUT2D eigenvalue weighted by molar-refractivity contribution is 7.92. The summed E-state index contributed by atoms with van der Waals surface area (Å²) in [6.45, 7) is 0.623. The van der Waals surface area contributed by atoms with Crippen molar-refractivity contribution >= 4 is 15.5 Å². The molecule has 7 heteroatoms. The molecule has 1 aromatic rings. The van der Waals surface area contributed by atoms with E-state index in [1.165, 1.54) is 25.1 Å². The lowest BCUT2D eigenvalue weighted by atomic mass is 10.1. The first-order chi connectivity index (χ1) is 8.47. The Bertz CT molecular complexity index is 542. The monoisotopic (exact) mass is 275 g/mol. The molecule has 0 aliphatic carbocycles. The third kappa shape index (κ3) is 2.85. The van der Waals surface area contributed by atoms with Crippen molar-refractivity contribution in [1.29, 1.82) is 0 Å². The van der Waals surface area contributed by atoms with Crippen LogP contribution in [0.1, 0.15) is 12.5 Å². The van der Waals surface area contributed by atoms with Gasteiger partial charge in [0.2, 0.25) is 0 Å². The maximum absolute atomic E-state index is 13.5. The van der Waals surface area contributed by atoms with E-state index in [1.54, 1.807) is 0 Å². The van der Waals surface area contributed by atoms with Gasteiger partial charge in [-0.2, -0.15) is 0 Å². The summed E-state index contributed by atoms with van der Waals surface area (Å²) in [5.41, 5.74) is -0.534. The van der Waals surface area contributed by atoms with Gasteiger partial charge in [0.25, 0.3) is 0 Å². The summed E-state index contributed by atoms with van der Waals surface area (Å²) in [5.74, 6) is -0.957. The first-order valence-corrected chi connectivity index (χ1v) is 6.98. The zero-order valence-electron chi connectivity index (χ0n) is 9.75. The van der Waals surface area contributed by atoms with Gasteiger partial charge in [-0.25, -0.2) is 12.8 Å². The molecule has 1 rings (SSSR count). The van der Waals surface area contributed by atoms with Gasteiger partial charge < -0.3 is 10.3 Å². The van der Waals surface area contributed by atoms with Crippen molar-refractivity contribution in [3.8, 4) is 0 Å². The standard InChI is InChI=1S/C11H14FNO4S/c1-2-18(16,17)10(7-14)11(13-15)8-5-3-4-6-9(8)12/h3-6,10,14-15H,2,7H2,1H3/b13-11-/t10-/m0/s1. The van der Waals surface area contributed by atoms with Crippen molar-refractivity contribution < 1.29 is 23.1 Å². The topological polar surface area (TPSA) is 87.0 Å². The Balaban J connectivity index is 3.31. The van der Waals surface area contributed by atoms with E-state index in [0.29, 0.717) is 0 Å². The average Bonchev–Trinajstić information content (AvgIpc) is 2.36. The Morgan fingerprint density at radius 2 is 2.06 bits per heavy atom. The number of nitrogens with zero attached hydrogens (tertiary/aromatic N) is 1. The van der Waals surface area contributed by atoms with Crippen LogP contribution in [0.2, 0.25) is 0 Å². The first-order valence-electron chi connectivity index (χ1n) is 5.27. The molecule has 2 N–H and O–H groups in total. The smallest absolute Gasteiger partial charge is 0.161 e. The van der Waals surface area contributed by atoms with Crippen LogP contribution in [-0.2, 0) is 9.84 Å². The molecule has 0 aliphatic rings. The van der Waals surface area contributed by atoms with Crippen molar-refractivity contribution in [2.75, 3.05) is 12.4 Å². The molecular formula is C11H14FNO4S. The molecule has 0 bridgehead atoms. The predicted octanol–water partition coefficient (Wildman–Crippen LogP) is 0.800. The molecule has 0 heterocycles. The number of halogens is 1. The zero-order valence-corrected chi connectivity index (χ0v) is 10.6. The summed E-state index contributed by atoms with van der Waals surface area (Å²) in [4.78, 5) is 0. The van der Waals surface area contributed by atoms with Gasteiger partial charge in [0.15, 0.2) is 9.84 Å². The Hall–Kier alpha value is -1.47. The number of sulfone groups is 1. The molecular weight excluding hydrogens is 261 g/mol. The Labute approximate surface area is 104 Å². The van der Waals surface area contributed by atoms with Crippen LogP contribution in [0.3, 0.4) is 0 Å². The molecule has 0 saturated heterocycles. The first kappa shape index (κ1) is 14.6. The largest absolute Gasteiger partial charge is 0.411 e. The van der Waals surface area contributed by atoms with Crippen LogP contribution in [0.15, 0.2) is 29.4 Å². The number of aliphatic hydroxyl groups excluding tert-OH is 1. The minimum Gasteiger partial charge on any atom is -0.411 e. The Morgan fingerprint density at radius 3 is 2.50 bits per heavy atom. The van der Waals surface area contributed by atoms with E-state index in [9.17, 15) is 12.8 Å². The highest BCUT2D eigenvalue weighted by Gasteiger charge is 2.31. The van der Waals surface area contributed by atoms with Gasteiger partial charge in [-0.15, -0.1) is 0 Å².